The molecule has 130 valence electrons. The van der Waals surface area contributed by atoms with E-state index in [2.05, 4.69) is 9.97 Å². The van der Waals surface area contributed by atoms with Crippen molar-refractivity contribution in [1.82, 2.24) is 19.7 Å². The van der Waals surface area contributed by atoms with Gasteiger partial charge in [0, 0.05) is 11.4 Å². The first kappa shape index (κ1) is 16.5. The third-order valence-electron chi connectivity index (χ3n) is 4.34. The van der Waals surface area contributed by atoms with Crippen molar-refractivity contribution in [2.24, 2.45) is 0 Å². The van der Waals surface area contributed by atoms with E-state index in [0.29, 0.717) is 10.9 Å². The highest BCUT2D eigenvalue weighted by atomic mass is 32.2. The maximum Gasteiger partial charge on any atom is 0.189 e. The van der Waals surface area contributed by atoms with Crippen LogP contribution >= 0.6 is 11.8 Å². The molecule has 3 aromatic rings. The predicted molar refractivity (Wildman–Crippen MR) is 96.3 cm³/mol. The van der Waals surface area contributed by atoms with Crippen LogP contribution in [0, 0.1) is 17.1 Å². The number of fused-ring (bicyclic) bond motifs is 1. The van der Waals surface area contributed by atoms with E-state index in [-0.39, 0.29) is 17.2 Å². The predicted octanol–water partition coefficient (Wildman–Crippen LogP) is 3.04. The fourth-order valence-electron chi connectivity index (χ4n) is 3.09. The van der Waals surface area contributed by atoms with Gasteiger partial charge in [-0.2, -0.15) is 10.4 Å². The van der Waals surface area contributed by atoms with Gasteiger partial charge in [-0.3, -0.25) is 0 Å². The molecule has 2 aromatic heterocycles. The van der Waals surface area contributed by atoms with Crippen LogP contribution in [0.3, 0.4) is 0 Å². The Morgan fingerprint density at radius 3 is 2.81 bits per heavy atom. The lowest BCUT2D eigenvalue weighted by Crippen LogP contribution is -2.02. The van der Waals surface area contributed by atoms with Gasteiger partial charge >= 0.3 is 0 Å². The molecular formula is C18H15FN6S. The smallest absolute Gasteiger partial charge is 0.189 e. The molecule has 4 rings (SSSR count). The minimum atomic E-state index is -0.260. The number of nitrogens with two attached hydrogens (primary N) is 1. The highest BCUT2D eigenvalue weighted by molar-refractivity contribution is 7.98. The molecule has 1 aliphatic rings. The number of hydrogen-bond acceptors (Lipinski definition) is 6. The van der Waals surface area contributed by atoms with Crippen LogP contribution < -0.4 is 5.73 Å². The van der Waals surface area contributed by atoms with E-state index in [4.69, 9.17) is 16.1 Å². The number of aromatic nitrogens is 4. The molecule has 26 heavy (non-hydrogen) atoms. The zero-order valence-electron chi connectivity index (χ0n) is 13.8. The molecule has 0 radical (unpaired) electrons. The van der Waals surface area contributed by atoms with Gasteiger partial charge in [-0.1, -0.05) is 11.8 Å². The molecule has 0 bridgehead atoms. The molecule has 0 saturated heterocycles. The fraction of sp³-hybridized carbons (Fsp3) is 0.222. The standard InChI is InChI=1S/C18H15FN6S/c19-12-4-6-13(7-5-12)25-16-3-1-2-14(16)15(24-25)10-26-18-22-9-11(8-20)17(21)23-18/h4-7,9H,1-3,10H2,(H2,21,22,23). The van der Waals surface area contributed by atoms with Crippen molar-refractivity contribution >= 4 is 17.6 Å². The van der Waals surface area contributed by atoms with Gasteiger partial charge in [0.15, 0.2) is 5.16 Å². The van der Waals surface area contributed by atoms with Gasteiger partial charge in [-0.25, -0.2) is 19.0 Å². The van der Waals surface area contributed by atoms with E-state index >= 15 is 0 Å². The summed E-state index contributed by atoms with van der Waals surface area (Å²) in [6.07, 6.45) is 4.48. The number of benzene rings is 1. The second kappa shape index (κ2) is 6.77. The van der Waals surface area contributed by atoms with E-state index in [9.17, 15) is 4.39 Å². The number of nitriles is 1. The molecule has 1 aliphatic carbocycles. The Morgan fingerprint density at radius 1 is 1.27 bits per heavy atom. The summed E-state index contributed by atoms with van der Waals surface area (Å²) < 4.78 is 15.1. The Bertz CT molecular complexity index is 1010. The maximum absolute atomic E-state index is 13.2. The molecule has 8 heteroatoms. The number of rotatable bonds is 4. The molecule has 0 atom stereocenters. The minimum Gasteiger partial charge on any atom is -0.382 e. The lowest BCUT2D eigenvalue weighted by molar-refractivity contribution is 0.626. The Hall–Kier alpha value is -2.92. The van der Waals surface area contributed by atoms with Crippen molar-refractivity contribution in [3.63, 3.8) is 0 Å². The van der Waals surface area contributed by atoms with Crippen molar-refractivity contribution in [2.75, 3.05) is 5.73 Å². The second-order valence-corrected chi connectivity index (χ2v) is 6.91. The summed E-state index contributed by atoms with van der Waals surface area (Å²) >= 11 is 1.44. The van der Waals surface area contributed by atoms with Crippen LogP contribution in [0.25, 0.3) is 5.69 Å². The molecule has 2 N–H and O–H groups in total. The van der Waals surface area contributed by atoms with Crippen molar-refractivity contribution in [1.29, 1.82) is 5.26 Å². The normalized spacial score (nSPS) is 12.8. The van der Waals surface area contributed by atoms with Crippen LogP contribution in [0.2, 0.25) is 0 Å². The zero-order chi connectivity index (χ0) is 18.1. The Labute approximate surface area is 153 Å². The number of anilines is 1. The average Bonchev–Trinajstić information content (AvgIpc) is 3.24. The Balaban J connectivity index is 1.60. The van der Waals surface area contributed by atoms with Gasteiger partial charge in [0.1, 0.15) is 23.3 Å². The third-order valence-corrected chi connectivity index (χ3v) is 5.21. The van der Waals surface area contributed by atoms with E-state index in [1.54, 1.807) is 12.1 Å². The molecule has 0 fully saturated rings. The second-order valence-electron chi connectivity index (χ2n) is 5.97. The Kier molecular flexibility index (Phi) is 4.31. The van der Waals surface area contributed by atoms with Gasteiger partial charge in [-0.15, -0.1) is 0 Å². The van der Waals surface area contributed by atoms with Crippen molar-refractivity contribution in [3.05, 3.63) is 58.8 Å². The van der Waals surface area contributed by atoms with Crippen molar-refractivity contribution in [2.45, 2.75) is 30.2 Å². The van der Waals surface area contributed by atoms with Gasteiger partial charge in [0.05, 0.1) is 17.6 Å². The maximum atomic E-state index is 13.2. The molecule has 0 spiro atoms. The van der Waals surface area contributed by atoms with Crippen LogP contribution in [0.5, 0.6) is 0 Å². The molecule has 0 unspecified atom stereocenters. The van der Waals surface area contributed by atoms with Crippen molar-refractivity contribution in [3.8, 4) is 11.8 Å². The van der Waals surface area contributed by atoms with Gasteiger partial charge in [0.2, 0.25) is 0 Å². The summed E-state index contributed by atoms with van der Waals surface area (Å²) in [5.41, 5.74) is 10.3. The van der Waals surface area contributed by atoms with Crippen LogP contribution in [0.1, 0.15) is 28.9 Å². The highest BCUT2D eigenvalue weighted by Crippen LogP contribution is 2.31. The first-order chi connectivity index (χ1) is 12.7. The molecule has 0 saturated carbocycles. The third kappa shape index (κ3) is 3.02. The van der Waals surface area contributed by atoms with E-state index in [1.807, 2.05) is 10.8 Å². The first-order valence-corrected chi connectivity index (χ1v) is 9.15. The fourth-order valence-corrected chi connectivity index (χ4v) is 3.88. The van der Waals surface area contributed by atoms with Crippen LogP contribution in [-0.4, -0.2) is 19.7 Å². The van der Waals surface area contributed by atoms with Gasteiger partial charge in [0.25, 0.3) is 0 Å². The SMILES string of the molecule is N#Cc1cnc(SCc2nn(-c3ccc(F)cc3)c3c2CCC3)nc1N. The summed E-state index contributed by atoms with van der Waals surface area (Å²) in [6, 6.07) is 8.32. The minimum absolute atomic E-state index is 0.187. The van der Waals surface area contributed by atoms with E-state index in [1.165, 1.54) is 41.3 Å². The topological polar surface area (TPSA) is 93.4 Å². The molecular weight excluding hydrogens is 351 g/mol. The lowest BCUT2D eigenvalue weighted by Gasteiger charge is -2.05. The molecule has 0 aliphatic heterocycles. The number of halogens is 1. The van der Waals surface area contributed by atoms with Crippen LogP contribution in [0.4, 0.5) is 10.2 Å². The zero-order valence-corrected chi connectivity index (χ0v) is 14.6. The van der Waals surface area contributed by atoms with E-state index in [0.717, 1.165) is 30.6 Å². The van der Waals surface area contributed by atoms with Gasteiger partial charge < -0.3 is 5.73 Å². The quantitative estimate of drug-likeness (QED) is 0.563. The summed E-state index contributed by atoms with van der Waals surface area (Å²) in [5, 5.41) is 14.2. The molecule has 2 heterocycles. The monoisotopic (exact) mass is 366 g/mol. The number of nitrogens with zero attached hydrogens (tertiary/aromatic N) is 5. The van der Waals surface area contributed by atoms with Crippen molar-refractivity contribution < 1.29 is 4.39 Å². The summed E-state index contributed by atoms with van der Waals surface area (Å²) in [6.45, 7) is 0. The first-order valence-electron chi connectivity index (χ1n) is 8.16. The summed E-state index contributed by atoms with van der Waals surface area (Å²) in [7, 11) is 0. The number of nitrogen functional groups attached to an aromatic ring is 1. The Morgan fingerprint density at radius 2 is 2.08 bits per heavy atom. The van der Waals surface area contributed by atoms with E-state index < -0.39 is 0 Å². The summed E-state index contributed by atoms with van der Waals surface area (Å²) in [4.78, 5) is 8.32. The summed E-state index contributed by atoms with van der Waals surface area (Å²) in [5.74, 6) is 0.540. The van der Waals surface area contributed by atoms with Crippen LogP contribution in [0.15, 0.2) is 35.6 Å². The molecule has 1 aromatic carbocycles. The van der Waals surface area contributed by atoms with Gasteiger partial charge in [-0.05, 0) is 49.1 Å². The number of hydrogen-bond donors (Lipinski definition) is 1. The lowest BCUT2D eigenvalue weighted by atomic mass is 10.2. The molecule has 6 nitrogen and oxygen atoms in total. The highest BCUT2D eigenvalue weighted by Gasteiger charge is 2.23. The number of thioether (sulfide) groups is 1. The average molecular weight is 366 g/mol. The molecule has 0 amide bonds. The van der Waals surface area contributed by atoms with Crippen LogP contribution in [-0.2, 0) is 18.6 Å². The largest absolute Gasteiger partial charge is 0.382 e.